The summed E-state index contributed by atoms with van der Waals surface area (Å²) in [7, 11) is 3.70. The molecule has 0 amide bonds. The van der Waals surface area contributed by atoms with Crippen molar-refractivity contribution in [3.8, 4) is 5.75 Å². The normalized spacial score (nSPS) is 14.3. The summed E-state index contributed by atoms with van der Waals surface area (Å²) >= 11 is 0. The molecule has 0 unspecified atom stereocenters. The average molecular weight is 422 g/mol. The number of fused-ring (bicyclic) bond motifs is 1. The van der Waals surface area contributed by atoms with Crippen molar-refractivity contribution in [2.24, 2.45) is 13.0 Å². The first-order valence-corrected chi connectivity index (χ1v) is 11.3. The Kier molecular flexibility index (Phi) is 6.46. The van der Waals surface area contributed by atoms with Crippen LogP contribution in [0.25, 0.3) is 0 Å². The summed E-state index contributed by atoms with van der Waals surface area (Å²) < 4.78 is 9.73. The molecule has 0 fully saturated rings. The van der Waals surface area contributed by atoms with Crippen LogP contribution < -0.4 is 4.74 Å². The zero-order valence-electron chi connectivity index (χ0n) is 19.6. The first kappa shape index (κ1) is 21.6. The lowest BCUT2D eigenvalue weighted by Gasteiger charge is -2.29. The quantitative estimate of drug-likeness (QED) is 0.549. The van der Waals surface area contributed by atoms with Crippen LogP contribution in [-0.2, 0) is 39.5 Å². The van der Waals surface area contributed by atoms with Crippen LogP contribution in [-0.4, -0.2) is 37.9 Å². The molecule has 166 valence electrons. The van der Waals surface area contributed by atoms with E-state index in [-0.39, 0.29) is 0 Å². The molecule has 6 nitrogen and oxygen atoms in total. The van der Waals surface area contributed by atoms with Gasteiger partial charge in [-0.05, 0) is 37.0 Å². The minimum atomic E-state index is 0.687. The Morgan fingerprint density at radius 2 is 1.90 bits per heavy atom. The van der Waals surface area contributed by atoms with E-state index in [0.717, 1.165) is 50.5 Å². The molecule has 0 aliphatic carbocycles. The van der Waals surface area contributed by atoms with Gasteiger partial charge in [-0.15, -0.1) is 0 Å². The maximum Gasteiger partial charge on any atom is 0.118 e. The number of hydrogen-bond acceptors (Lipinski definition) is 4. The highest BCUT2D eigenvalue weighted by Gasteiger charge is 2.25. The smallest absolute Gasteiger partial charge is 0.118 e. The number of rotatable bonds is 8. The van der Waals surface area contributed by atoms with Gasteiger partial charge in [-0.3, -0.25) is 9.58 Å². The van der Waals surface area contributed by atoms with Gasteiger partial charge in [0.25, 0.3) is 0 Å². The highest BCUT2D eigenvalue weighted by molar-refractivity contribution is 5.32. The summed E-state index contributed by atoms with van der Waals surface area (Å²) in [6.45, 7) is 10.6. The van der Waals surface area contributed by atoms with Gasteiger partial charge in [-0.2, -0.15) is 5.10 Å². The van der Waals surface area contributed by atoms with E-state index in [1.54, 1.807) is 7.11 Å². The van der Waals surface area contributed by atoms with E-state index in [1.807, 2.05) is 23.9 Å². The molecule has 1 aliphatic heterocycles. The maximum absolute atomic E-state index is 5.32. The van der Waals surface area contributed by atoms with E-state index in [1.165, 1.54) is 34.8 Å². The Hall–Kier alpha value is -2.60. The Bertz CT molecular complexity index is 1020. The van der Waals surface area contributed by atoms with E-state index < -0.39 is 0 Å². The highest BCUT2D eigenvalue weighted by atomic mass is 16.5. The minimum Gasteiger partial charge on any atom is -0.497 e. The van der Waals surface area contributed by atoms with Gasteiger partial charge in [0.05, 0.1) is 24.2 Å². The molecule has 2 aromatic heterocycles. The molecular formula is C25H35N5O. The van der Waals surface area contributed by atoms with E-state index in [4.69, 9.17) is 9.72 Å². The van der Waals surface area contributed by atoms with Crippen molar-refractivity contribution in [2.75, 3.05) is 13.7 Å². The van der Waals surface area contributed by atoms with Crippen molar-refractivity contribution in [1.29, 1.82) is 0 Å². The molecule has 3 aromatic rings. The highest BCUT2D eigenvalue weighted by Crippen LogP contribution is 2.25. The van der Waals surface area contributed by atoms with Crippen molar-refractivity contribution in [2.45, 2.75) is 59.7 Å². The predicted molar refractivity (Wildman–Crippen MR) is 123 cm³/mol. The number of methoxy groups -OCH3 is 1. The monoisotopic (exact) mass is 421 g/mol. The lowest BCUT2D eigenvalue weighted by atomic mass is 10.1. The number of benzene rings is 1. The van der Waals surface area contributed by atoms with E-state index in [2.05, 4.69) is 53.7 Å². The molecule has 0 saturated carbocycles. The Labute approximate surface area is 185 Å². The second-order valence-corrected chi connectivity index (χ2v) is 9.15. The number of ether oxygens (including phenoxy) is 1. The molecule has 0 radical (unpaired) electrons. The van der Waals surface area contributed by atoms with Crippen LogP contribution in [0.5, 0.6) is 5.75 Å². The Balaban J connectivity index is 1.58. The zero-order chi connectivity index (χ0) is 22.0. The van der Waals surface area contributed by atoms with Crippen molar-refractivity contribution in [3.63, 3.8) is 0 Å². The molecule has 0 N–H and O–H groups in total. The van der Waals surface area contributed by atoms with Gasteiger partial charge in [0.15, 0.2) is 0 Å². The van der Waals surface area contributed by atoms with Crippen molar-refractivity contribution in [3.05, 3.63) is 64.5 Å². The standard InChI is InChI=1S/C25H35N5O/c1-18(2)6-11-25-26-23(14-20-7-9-22(31-5)10-8-20)24-17-29(12-13-30(24)25)16-21-15-28(4)27-19(21)3/h7-10,15,18H,6,11-14,16-17H2,1-5H3. The molecule has 1 aromatic carbocycles. The summed E-state index contributed by atoms with van der Waals surface area (Å²) in [4.78, 5) is 7.69. The van der Waals surface area contributed by atoms with E-state index in [9.17, 15) is 0 Å². The average Bonchev–Trinajstić information content (AvgIpc) is 3.25. The first-order chi connectivity index (χ1) is 14.9. The predicted octanol–water partition coefficient (Wildman–Crippen LogP) is 4.13. The number of aryl methyl sites for hydroxylation is 3. The van der Waals surface area contributed by atoms with Gasteiger partial charge < -0.3 is 9.30 Å². The van der Waals surface area contributed by atoms with Gasteiger partial charge in [0.2, 0.25) is 0 Å². The molecule has 1 aliphatic rings. The van der Waals surface area contributed by atoms with Gasteiger partial charge >= 0.3 is 0 Å². The van der Waals surface area contributed by atoms with Gasteiger partial charge in [0.1, 0.15) is 11.6 Å². The number of nitrogens with zero attached hydrogens (tertiary/aromatic N) is 5. The van der Waals surface area contributed by atoms with Crippen molar-refractivity contribution < 1.29 is 4.74 Å². The van der Waals surface area contributed by atoms with Crippen LogP contribution in [0.3, 0.4) is 0 Å². The molecule has 4 rings (SSSR count). The molecule has 31 heavy (non-hydrogen) atoms. The maximum atomic E-state index is 5.32. The summed E-state index contributed by atoms with van der Waals surface area (Å²) in [6, 6.07) is 8.37. The summed E-state index contributed by atoms with van der Waals surface area (Å²) in [6.07, 6.45) is 5.24. The van der Waals surface area contributed by atoms with Crippen LogP contribution in [0.2, 0.25) is 0 Å². The Morgan fingerprint density at radius 3 is 2.55 bits per heavy atom. The van der Waals surface area contributed by atoms with Crippen LogP contribution in [0, 0.1) is 12.8 Å². The summed E-state index contributed by atoms with van der Waals surface area (Å²) in [5.41, 5.74) is 6.31. The van der Waals surface area contributed by atoms with Crippen LogP contribution in [0.1, 0.15) is 54.3 Å². The van der Waals surface area contributed by atoms with Gasteiger partial charge in [0, 0.05) is 57.8 Å². The molecule has 0 atom stereocenters. The zero-order valence-corrected chi connectivity index (χ0v) is 19.6. The second-order valence-electron chi connectivity index (χ2n) is 9.15. The molecule has 6 heteroatoms. The molecule has 0 saturated heterocycles. The summed E-state index contributed by atoms with van der Waals surface area (Å²) in [5.74, 6) is 2.84. The fourth-order valence-corrected chi connectivity index (χ4v) is 4.43. The van der Waals surface area contributed by atoms with E-state index >= 15 is 0 Å². The lowest BCUT2D eigenvalue weighted by molar-refractivity contribution is 0.209. The topological polar surface area (TPSA) is 48.1 Å². The third kappa shape index (κ3) is 5.01. The van der Waals surface area contributed by atoms with Crippen molar-refractivity contribution >= 4 is 0 Å². The fraction of sp³-hybridized carbons (Fsp3) is 0.520. The molecule has 0 bridgehead atoms. The third-order valence-electron chi connectivity index (χ3n) is 6.23. The SMILES string of the molecule is COc1ccc(Cc2nc(CCC(C)C)n3c2CN(Cc2cn(C)nc2C)CC3)cc1. The third-order valence-corrected chi connectivity index (χ3v) is 6.23. The summed E-state index contributed by atoms with van der Waals surface area (Å²) in [5, 5.41) is 4.52. The van der Waals surface area contributed by atoms with Crippen LogP contribution >= 0.6 is 0 Å². The van der Waals surface area contributed by atoms with Crippen molar-refractivity contribution in [1.82, 2.24) is 24.2 Å². The molecule has 0 spiro atoms. The molecule has 3 heterocycles. The number of imidazole rings is 1. The number of aromatic nitrogens is 4. The number of hydrogen-bond donors (Lipinski definition) is 0. The van der Waals surface area contributed by atoms with Crippen LogP contribution in [0.15, 0.2) is 30.5 Å². The molecular weight excluding hydrogens is 386 g/mol. The first-order valence-electron chi connectivity index (χ1n) is 11.3. The van der Waals surface area contributed by atoms with Gasteiger partial charge in [-0.1, -0.05) is 26.0 Å². The van der Waals surface area contributed by atoms with E-state index in [0.29, 0.717) is 5.92 Å². The van der Waals surface area contributed by atoms with Crippen LogP contribution in [0.4, 0.5) is 0 Å². The second kappa shape index (κ2) is 9.27. The lowest BCUT2D eigenvalue weighted by Crippen LogP contribution is -2.34. The fourth-order valence-electron chi connectivity index (χ4n) is 4.43. The Morgan fingerprint density at radius 1 is 1.13 bits per heavy atom. The minimum absolute atomic E-state index is 0.687. The van der Waals surface area contributed by atoms with Gasteiger partial charge in [-0.25, -0.2) is 4.98 Å². The largest absolute Gasteiger partial charge is 0.497 e.